The number of nitrogens with one attached hydrogen (secondary N) is 3. The maximum absolute atomic E-state index is 12.8. The average molecular weight is 462 g/mol. The fraction of sp³-hybridized carbons (Fsp3) is 0.280. The van der Waals surface area contributed by atoms with Gasteiger partial charge in [0.2, 0.25) is 0 Å². The zero-order valence-corrected chi connectivity index (χ0v) is 19.3. The monoisotopic (exact) mass is 461 g/mol. The summed E-state index contributed by atoms with van der Waals surface area (Å²) < 4.78 is 5.27. The Labute approximate surface area is 198 Å². The first kappa shape index (κ1) is 24.3. The Hall–Kier alpha value is -4.32. The van der Waals surface area contributed by atoms with Crippen molar-refractivity contribution in [3.05, 3.63) is 70.9 Å². The number of amides is 4. The predicted molar refractivity (Wildman–Crippen MR) is 128 cm³/mol. The molecule has 0 bridgehead atoms. The van der Waals surface area contributed by atoms with Crippen LogP contribution in [-0.2, 0) is 9.53 Å². The Kier molecular flexibility index (Phi) is 7.88. The van der Waals surface area contributed by atoms with Gasteiger partial charge in [-0.1, -0.05) is 19.1 Å². The summed E-state index contributed by atoms with van der Waals surface area (Å²) in [5.41, 5.74) is 3.04. The Morgan fingerprint density at radius 1 is 1.12 bits per heavy atom. The molecule has 0 saturated carbocycles. The molecule has 3 rings (SSSR count). The number of carbonyl (C=O) groups excluding carboxylic acids is 3. The highest BCUT2D eigenvalue weighted by molar-refractivity contribution is 6.00. The van der Waals surface area contributed by atoms with E-state index in [4.69, 9.17) is 10.00 Å². The van der Waals surface area contributed by atoms with Crippen molar-refractivity contribution in [1.29, 1.82) is 5.26 Å². The number of benzene rings is 2. The van der Waals surface area contributed by atoms with E-state index in [1.807, 2.05) is 13.0 Å². The lowest BCUT2D eigenvalue weighted by molar-refractivity contribution is -0.139. The van der Waals surface area contributed by atoms with Gasteiger partial charge < -0.3 is 20.7 Å². The molecule has 0 aliphatic carbocycles. The largest absolute Gasteiger partial charge is 0.463 e. The molecule has 4 amide bonds. The number of nitriles is 1. The second kappa shape index (κ2) is 11.0. The van der Waals surface area contributed by atoms with Crippen LogP contribution in [0.2, 0.25) is 0 Å². The molecule has 2 aromatic carbocycles. The molecule has 1 aliphatic heterocycles. The molecule has 0 radical (unpaired) electrons. The van der Waals surface area contributed by atoms with E-state index in [0.717, 1.165) is 6.42 Å². The van der Waals surface area contributed by atoms with E-state index in [1.54, 1.807) is 62.4 Å². The number of anilines is 2. The van der Waals surface area contributed by atoms with Crippen LogP contribution in [0.25, 0.3) is 0 Å². The number of esters is 1. The van der Waals surface area contributed by atoms with Crippen molar-refractivity contribution in [2.24, 2.45) is 0 Å². The van der Waals surface area contributed by atoms with Gasteiger partial charge in [0.15, 0.2) is 0 Å². The molecule has 1 aliphatic rings. The van der Waals surface area contributed by atoms with Crippen molar-refractivity contribution in [2.45, 2.75) is 33.2 Å². The summed E-state index contributed by atoms with van der Waals surface area (Å²) in [6.45, 7) is 6.10. The third kappa shape index (κ3) is 5.53. The third-order valence-corrected chi connectivity index (χ3v) is 5.29. The van der Waals surface area contributed by atoms with E-state index in [2.05, 4.69) is 16.0 Å². The Morgan fingerprint density at radius 3 is 2.47 bits per heavy atom. The molecule has 0 fully saturated rings. The second-order valence-electron chi connectivity index (χ2n) is 7.65. The summed E-state index contributed by atoms with van der Waals surface area (Å²) >= 11 is 0. The van der Waals surface area contributed by atoms with E-state index in [9.17, 15) is 14.4 Å². The average Bonchev–Trinajstić information content (AvgIpc) is 2.82. The number of hydrogen-bond acceptors (Lipinski definition) is 5. The quantitative estimate of drug-likeness (QED) is 0.523. The molecule has 0 aromatic heterocycles. The van der Waals surface area contributed by atoms with Gasteiger partial charge in [-0.05, 0) is 62.2 Å². The first-order valence-electron chi connectivity index (χ1n) is 11.0. The van der Waals surface area contributed by atoms with Gasteiger partial charge in [0, 0.05) is 23.6 Å². The van der Waals surface area contributed by atoms with Crippen LogP contribution in [0.5, 0.6) is 0 Å². The molecule has 176 valence electrons. The fourth-order valence-corrected chi connectivity index (χ4v) is 3.71. The number of carbonyl (C=O) groups is 3. The normalized spacial score (nSPS) is 15.3. The smallest absolute Gasteiger partial charge is 0.338 e. The first-order valence-corrected chi connectivity index (χ1v) is 11.0. The number of hydrogen-bond donors (Lipinski definition) is 3. The Bertz CT molecular complexity index is 1150. The van der Waals surface area contributed by atoms with E-state index in [-0.39, 0.29) is 12.6 Å². The van der Waals surface area contributed by atoms with Gasteiger partial charge in [-0.25, -0.2) is 14.4 Å². The minimum atomic E-state index is -0.719. The maximum Gasteiger partial charge on any atom is 0.338 e. The van der Waals surface area contributed by atoms with Gasteiger partial charge in [-0.3, -0.25) is 4.90 Å². The van der Waals surface area contributed by atoms with Crippen molar-refractivity contribution in [1.82, 2.24) is 10.2 Å². The van der Waals surface area contributed by atoms with E-state index < -0.39 is 18.0 Å². The van der Waals surface area contributed by atoms with Crippen LogP contribution in [0, 0.1) is 11.3 Å². The van der Waals surface area contributed by atoms with Gasteiger partial charge in [-0.2, -0.15) is 5.26 Å². The van der Waals surface area contributed by atoms with Crippen LogP contribution in [0.15, 0.2) is 59.8 Å². The van der Waals surface area contributed by atoms with Crippen LogP contribution >= 0.6 is 0 Å². The van der Waals surface area contributed by atoms with Crippen LogP contribution < -0.4 is 16.0 Å². The minimum Gasteiger partial charge on any atom is -0.463 e. The van der Waals surface area contributed by atoms with Gasteiger partial charge in [-0.15, -0.1) is 0 Å². The Balaban J connectivity index is 1.84. The van der Waals surface area contributed by atoms with Crippen LogP contribution in [0.1, 0.15) is 44.4 Å². The molecule has 2 aromatic rings. The van der Waals surface area contributed by atoms with Crippen molar-refractivity contribution in [3.63, 3.8) is 0 Å². The topological polar surface area (TPSA) is 124 Å². The zero-order valence-electron chi connectivity index (χ0n) is 19.3. The highest BCUT2D eigenvalue weighted by atomic mass is 16.5. The van der Waals surface area contributed by atoms with Crippen molar-refractivity contribution in [3.8, 4) is 6.07 Å². The second-order valence-corrected chi connectivity index (χ2v) is 7.65. The van der Waals surface area contributed by atoms with Crippen molar-refractivity contribution in [2.75, 3.05) is 23.8 Å². The number of urea groups is 2. The lowest BCUT2D eigenvalue weighted by Gasteiger charge is -2.35. The van der Waals surface area contributed by atoms with Crippen LogP contribution in [-0.4, -0.2) is 36.1 Å². The van der Waals surface area contributed by atoms with Crippen molar-refractivity contribution < 1.29 is 19.1 Å². The molecular formula is C25H27N5O4. The Morgan fingerprint density at radius 2 is 1.82 bits per heavy atom. The number of nitrogens with zero attached hydrogens (tertiary/aromatic N) is 2. The first-order chi connectivity index (χ1) is 16.4. The fourth-order valence-electron chi connectivity index (χ4n) is 3.71. The zero-order chi connectivity index (χ0) is 24.7. The molecule has 0 saturated heterocycles. The van der Waals surface area contributed by atoms with Gasteiger partial charge in [0.25, 0.3) is 0 Å². The molecule has 1 atom stereocenters. The minimum absolute atomic E-state index is 0.209. The van der Waals surface area contributed by atoms with Gasteiger partial charge in [0.05, 0.1) is 29.9 Å². The number of allylic oxidation sites excluding steroid dienone is 1. The highest BCUT2D eigenvalue weighted by Gasteiger charge is 2.36. The summed E-state index contributed by atoms with van der Waals surface area (Å²) in [4.78, 5) is 39.5. The molecule has 1 heterocycles. The summed E-state index contributed by atoms with van der Waals surface area (Å²) in [7, 11) is 0. The predicted octanol–water partition coefficient (Wildman–Crippen LogP) is 4.52. The molecule has 9 nitrogen and oxygen atoms in total. The number of rotatable bonds is 7. The molecule has 0 spiro atoms. The standard InChI is InChI=1S/C25H27N5O4/c1-4-13-30-16(3)21(23(31)34-5-2)22(29-25(30)33)18-7-6-8-20(14-18)28-24(32)27-19-11-9-17(15-26)10-12-19/h6-12,14,22H,4-5,13H2,1-3H3,(H,29,33)(H2,27,28,32). The molecular weight excluding hydrogens is 434 g/mol. The maximum atomic E-state index is 12.8. The van der Waals surface area contributed by atoms with E-state index in [0.29, 0.717) is 40.3 Å². The van der Waals surface area contributed by atoms with Gasteiger partial charge in [0.1, 0.15) is 0 Å². The van der Waals surface area contributed by atoms with Crippen LogP contribution in [0.3, 0.4) is 0 Å². The van der Waals surface area contributed by atoms with E-state index in [1.165, 1.54) is 4.90 Å². The molecule has 9 heteroatoms. The molecule has 1 unspecified atom stereocenters. The molecule has 3 N–H and O–H groups in total. The van der Waals surface area contributed by atoms with Crippen LogP contribution in [0.4, 0.5) is 21.0 Å². The lowest BCUT2D eigenvalue weighted by atomic mass is 9.94. The summed E-state index contributed by atoms with van der Waals surface area (Å²) in [5.74, 6) is -0.497. The molecule has 34 heavy (non-hydrogen) atoms. The summed E-state index contributed by atoms with van der Waals surface area (Å²) in [6.07, 6.45) is 0.735. The summed E-state index contributed by atoms with van der Waals surface area (Å²) in [6, 6.07) is 13.9. The third-order valence-electron chi connectivity index (χ3n) is 5.29. The lowest BCUT2D eigenvalue weighted by Crippen LogP contribution is -2.48. The number of ether oxygens (including phenoxy) is 1. The highest BCUT2D eigenvalue weighted by Crippen LogP contribution is 2.32. The summed E-state index contributed by atoms with van der Waals surface area (Å²) in [5, 5.41) is 17.2. The van der Waals surface area contributed by atoms with E-state index >= 15 is 0 Å². The van der Waals surface area contributed by atoms with Gasteiger partial charge >= 0.3 is 18.0 Å². The SMILES string of the molecule is CCCN1C(=O)NC(c2cccc(NC(=O)Nc3ccc(C#N)cc3)c2)C(C(=O)OCC)=C1C. The van der Waals surface area contributed by atoms with Crippen molar-refractivity contribution >= 4 is 29.4 Å².